The molecule has 4 nitrogen and oxygen atoms in total. The highest BCUT2D eigenvalue weighted by molar-refractivity contribution is 5.13. The van der Waals surface area contributed by atoms with Crippen molar-refractivity contribution in [2.45, 2.75) is 232 Å². The van der Waals surface area contributed by atoms with E-state index in [-0.39, 0.29) is 0 Å². The number of pyridine rings is 2. The first-order valence-corrected chi connectivity index (χ1v) is 23.1. The molecule has 52 heavy (non-hydrogen) atoms. The zero-order valence-corrected chi connectivity index (χ0v) is 34.8. The number of rotatable bonds is 39. The third-order valence-corrected chi connectivity index (χ3v) is 10.8. The van der Waals surface area contributed by atoms with Crippen LogP contribution >= 0.6 is 0 Å². The minimum absolute atomic E-state index is 0.793. The lowest BCUT2D eigenvalue weighted by Gasteiger charge is -2.07. The molecule has 298 valence electrons. The molecular formula is C48H86N2O2+2. The van der Waals surface area contributed by atoms with Crippen LogP contribution in [-0.4, -0.2) is 13.2 Å². The minimum atomic E-state index is 0.793. The van der Waals surface area contributed by atoms with Crippen molar-refractivity contribution in [3.05, 3.63) is 49.1 Å². The highest BCUT2D eigenvalue weighted by Crippen LogP contribution is 2.15. The van der Waals surface area contributed by atoms with E-state index in [1.54, 1.807) is 0 Å². The van der Waals surface area contributed by atoms with Crippen LogP contribution in [0, 0.1) is 0 Å². The van der Waals surface area contributed by atoms with Crippen LogP contribution in [-0.2, 0) is 13.1 Å². The lowest BCUT2D eigenvalue weighted by atomic mass is 10.0. The number of ether oxygens (including phenoxy) is 2. The highest BCUT2D eigenvalue weighted by Gasteiger charge is 2.06. The Hall–Kier alpha value is -2.10. The molecule has 4 heteroatoms. The highest BCUT2D eigenvalue weighted by atomic mass is 16.5. The molecule has 2 aromatic heterocycles. The maximum absolute atomic E-state index is 6.09. The van der Waals surface area contributed by atoms with E-state index >= 15 is 0 Å². The number of aryl methyl sites for hydroxylation is 2. The summed E-state index contributed by atoms with van der Waals surface area (Å²) in [5, 5.41) is 0. The standard InChI is InChI=1S/C48H86N2O2/c1-3-5-7-9-11-13-15-17-19-21-23-25-27-31-39-49-41-35-37-47(45-49)51-43-33-29-30-34-44-52-48-38-36-42-50(46-48)40-32-28-26-24-22-20-18-16-14-12-10-8-6-4-2/h35-38,41-42,45-46H,3-34,39-40,43-44H2,1-2H3/q+2. The Kier molecular flexibility index (Phi) is 31.8. The normalized spacial score (nSPS) is 11.3. The summed E-state index contributed by atoms with van der Waals surface area (Å²) < 4.78 is 16.8. The van der Waals surface area contributed by atoms with Gasteiger partial charge in [0.15, 0.2) is 23.9 Å². The third kappa shape index (κ3) is 28.4. The van der Waals surface area contributed by atoms with Gasteiger partial charge in [0.2, 0.25) is 12.4 Å². The van der Waals surface area contributed by atoms with Gasteiger partial charge in [-0.15, -0.1) is 0 Å². The summed E-state index contributed by atoms with van der Waals surface area (Å²) in [6.45, 7) is 8.37. The fourth-order valence-corrected chi connectivity index (χ4v) is 7.36. The Morgan fingerprint density at radius 2 is 0.615 bits per heavy atom. The smallest absolute Gasteiger partial charge is 0.211 e. The number of nitrogens with zero attached hydrogens (tertiary/aromatic N) is 2. The number of unbranched alkanes of at least 4 members (excludes halogenated alkanes) is 29. The van der Waals surface area contributed by atoms with E-state index in [4.69, 9.17) is 9.47 Å². The summed E-state index contributed by atoms with van der Waals surface area (Å²) in [5.41, 5.74) is 0. The second-order valence-corrected chi connectivity index (χ2v) is 15.9. The first-order chi connectivity index (χ1) is 25.8. The Bertz CT molecular complexity index is 945. The number of hydrogen-bond donors (Lipinski definition) is 0. The van der Waals surface area contributed by atoms with Crippen LogP contribution in [0.15, 0.2) is 49.1 Å². The average Bonchev–Trinajstić information content (AvgIpc) is 3.16. The Balaban J connectivity index is 1.37. The molecule has 0 fully saturated rings. The van der Waals surface area contributed by atoms with Crippen molar-refractivity contribution < 1.29 is 18.6 Å². The van der Waals surface area contributed by atoms with E-state index < -0.39 is 0 Å². The van der Waals surface area contributed by atoms with E-state index in [0.717, 1.165) is 50.6 Å². The quantitative estimate of drug-likeness (QED) is 0.0507. The van der Waals surface area contributed by atoms with Gasteiger partial charge in [-0.05, 0) is 50.7 Å². The zero-order chi connectivity index (χ0) is 36.8. The van der Waals surface area contributed by atoms with Crippen molar-refractivity contribution in [3.63, 3.8) is 0 Å². The van der Waals surface area contributed by atoms with Crippen LogP contribution in [0.1, 0.15) is 219 Å². The van der Waals surface area contributed by atoms with Crippen molar-refractivity contribution in [2.75, 3.05) is 13.2 Å². The van der Waals surface area contributed by atoms with Crippen LogP contribution in [0.25, 0.3) is 0 Å². The van der Waals surface area contributed by atoms with Crippen LogP contribution in [0.3, 0.4) is 0 Å². The Labute approximate surface area is 323 Å². The third-order valence-electron chi connectivity index (χ3n) is 10.8. The molecule has 0 bridgehead atoms. The zero-order valence-electron chi connectivity index (χ0n) is 34.8. The van der Waals surface area contributed by atoms with Crippen molar-refractivity contribution in [2.24, 2.45) is 0 Å². The Morgan fingerprint density at radius 1 is 0.346 bits per heavy atom. The molecule has 0 aliphatic carbocycles. The van der Waals surface area contributed by atoms with Gasteiger partial charge in [-0.2, -0.15) is 0 Å². The van der Waals surface area contributed by atoms with Gasteiger partial charge in [0.05, 0.1) is 13.2 Å². The first kappa shape index (κ1) is 46.1. The van der Waals surface area contributed by atoms with E-state index in [1.807, 2.05) is 0 Å². The lowest BCUT2D eigenvalue weighted by Crippen LogP contribution is -2.32. The van der Waals surface area contributed by atoms with E-state index in [1.165, 1.54) is 193 Å². The van der Waals surface area contributed by atoms with Crippen molar-refractivity contribution in [1.29, 1.82) is 0 Å². The lowest BCUT2D eigenvalue weighted by molar-refractivity contribution is -0.697. The van der Waals surface area contributed by atoms with Crippen LogP contribution in [0.5, 0.6) is 11.5 Å². The SMILES string of the molecule is CCCCCCCCCCCCCCCC[n+]1cccc(OCCCCCCOc2ccc[n+](CCCCCCCCCCCCCCCC)c2)c1. The van der Waals surface area contributed by atoms with Gasteiger partial charge in [-0.25, -0.2) is 9.13 Å². The molecule has 0 saturated carbocycles. The Morgan fingerprint density at radius 3 is 0.923 bits per heavy atom. The summed E-state index contributed by atoms with van der Waals surface area (Å²) in [5.74, 6) is 2.00. The predicted octanol–water partition coefficient (Wildman–Crippen LogP) is 14.2. The van der Waals surface area contributed by atoms with Gasteiger partial charge < -0.3 is 9.47 Å². The van der Waals surface area contributed by atoms with Crippen LogP contribution in [0.4, 0.5) is 0 Å². The van der Waals surface area contributed by atoms with E-state index in [0.29, 0.717) is 0 Å². The first-order valence-electron chi connectivity index (χ1n) is 23.1. The fraction of sp³-hybridized carbons (Fsp3) is 0.792. The maximum atomic E-state index is 6.09. The largest absolute Gasteiger partial charge is 0.487 e. The van der Waals surface area contributed by atoms with Crippen LogP contribution in [0.2, 0.25) is 0 Å². The van der Waals surface area contributed by atoms with Crippen molar-refractivity contribution in [3.8, 4) is 11.5 Å². The van der Waals surface area contributed by atoms with Gasteiger partial charge in [-0.1, -0.05) is 168 Å². The molecule has 2 rings (SSSR count). The maximum Gasteiger partial charge on any atom is 0.211 e. The molecule has 0 amide bonds. The summed E-state index contributed by atoms with van der Waals surface area (Å²) in [7, 11) is 0. The molecule has 2 heterocycles. The number of aromatic nitrogens is 2. The molecule has 2 aromatic rings. The van der Waals surface area contributed by atoms with Crippen molar-refractivity contribution in [1.82, 2.24) is 0 Å². The molecular weight excluding hydrogens is 637 g/mol. The van der Waals surface area contributed by atoms with Crippen LogP contribution < -0.4 is 18.6 Å². The van der Waals surface area contributed by atoms with Crippen molar-refractivity contribution >= 4 is 0 Å². The average molecular weight is 723 g/mol. The molecule has 0 atom stereocenters. The van der Waals surface area contributed by atoms with Gasteiger partial charge >= 0.3 is 0 Å². The summed E-state index contributed by atoms with van der Waals surface area (Å²) in [4.78, 5) is 0. The predicted molar refractivity (Wildman–Crippen MR) is 223 cm³/mol. The molecule has 0 spiro atoms. The summed E-state index contributed by atoms with van der Waals surface area (Å²) in [6.07, 6.45) is 52.7. The molecule has 0 radical (unpaired) electrons. The molecule has 0 aliphatic heterocycles. The molecule has 0 saturated heterocycles. The van der Waals surface area contributed by atoms with E-state index in [2.05, 4.69) is 72.0 Å². The second kappa shape index (κ2) is 35.9. The molecule has 0 aliphatic rings. The number of hydrogen-bond acceptors (Lipinski definition) is 2. The molecule has 0 unspecified atom stereocenters. The second-order valence-electron chi connectivity index (χ2n) is 15.9. The van der Waals surface area contributed by atoms with Gasteiger partial charge in [-0.3, -0.25) is 0 Å². The minimum Gasteiger partial charge on any atom is -0.487 e. The summed E-state index contributed by atoms with van der Waals surface area (Å²) >= 11 is 0. The van der Waals surface area contributed by atoms with E-state index in [9.17, 15) is 0 Å². The van der Waals surface area contributed by atoms with Gasteiger partial charge in [0.1, 0.15) is 13.1 Å². The fourth-order valence-electron chi connectivity index (χ4n) is 7.36. The topological polar surface area (TPSA) is 26.2 Å². The monoisotopic (exact) mass is 723 g/mol. The molecule has 0 aromatic carbocycles. The van der Waals surface area contributed by atoms with Gasteiger partial charge in [0.25, 0.3) is 0 Å². The molecule has 0 N–H and O–H groups in total. The summed E-state index contributed by atoms with van der Waals surface area (Å²) in [6, 6.07) is 8.45. The van der Waals surface area contributed by atoms with Gasteiger partial charge in [0, 0.05) is 25.0 Å².